The van der Waals surface area contributed by atoms with E-state index >= 15 is 0 Å². The Balaban J connectivity index is 2.07. The lowest BCUT2D eigenvalue weighted by atomic mass is 10.3. The number of hydrogen-bond donors (Lipinski definition) is 2. The molecule has 0 radical (unpaired) electrons. The minimum Gasteiger partial charge on any atom is -0.378 e. The summed E-state index contributed by atoms with van der Waals surface area (Å²) in [6, 6.07) is 6.13. The highest BCUT2D eigenvalue weighted by Crippen LogP contribution is 2.24. The lowest BCUT2D eigenvalue weighted by Crippen LogP contribution is -2.23. The number of H-pyrrole nitrogens is 1. The second-order valence-corrected chi connectivity index (χ2v) is 7.08. The number of nitrogens with zero attached hydrogens (tertiary/aromatic N) is 1. The van der Waals surface area contributed by atoms with Crippen LogP contribution in [0, 0.1) is 0 Å². The van der Waals surface area contributed by atoms with E-state index in [1.807, 2.05) is 0 Å². The largest absolute Gasteiger partial charge is 0.378 e. The molecule has 9 heteroatoms. The van der Waals surface area contributed by atoms with E-state index in [0.717, 1.165) is 11.8 Å². The number of methoxy groups -OCH3 is 1. The molecule has 0 aliphatic heterocycles. The minimum atomic E-state index is -0.497. The van der Waals surface area contributed by atoms with Crippen molar-refractivity contribution < 1.29 is 9.53 Å². The van der Waals surface area contributed by atoms with E-state index < -0.39 is 5.25 Å². The summed E-state index contributed by atoms with van der Waals surface area (Å²) in [6.07, 6.45) is 0. The Hall–Kier alpha value is -1.54. The Morgan fingerprint density at radius 3 is 2.62 bits per heavy atom. The van der Waals surface area contributed by atoms with Crippen LogP contribution < -0.4 is 10.9 Å². The highest BCUT2D eigenvalue weighted by atomic mass is 35.5. The first-order valence-electron chi connectivity index (χ1n) is 6.90. The van der Waals surface area contributed by atoms with Crippen molar-refractivity contribution in [1.82, 2.24) is 9.97 Å². The molecule has 1 heterocycles. The quantitative estimate of drug-likeness (QED) is 0.586. The van der Waals surface area contributed by atoms with E-state index in [9.17, 15) is 9.59 Å². The molecule has 1 unspecified atom stereocenters. The van der Waals surface area contributed by atoms with Gasteiger partial charge in [0, 0.05) is 28.9 Å². The number of thioether (sulfide) groups is 1. The Kier molecular flexibility index (Phi) is 6.68. The van der Waals surface area contributed by atoms with Gasteiger partial charge in [0.1, 0.15) is 0 Å². The molecule has 0 fully saturated rings. The molecule has 24 heavy (non-hydrogen) atoms. The maximum atomic E-state index is 12.3. The number of rotatable bonds is 6. The van der Waals surface area contributed by atoms with Gasteiger partial charge in [-0.05, 0) is 25.1 Å². The number of anilines is 1. The minimum absolute atomic E-state index is 0.221. The number of halogens is 2. The summed E-state index contributed by atoms with van der Waals surface area (Å²) in [7, 11) is 1.52. The highest BCUT2D eigenvalue weighted by molar-refractivity contribution is 8.00. The summed E-state index contributed by atoms with van der Waals surface area (Å²) in [5, 5.41) is 3.43. The fraction of sp³-hybridized carbons (Fsp3) is 0.267. The second-order valence-electron chi connectivity index (χ2n) is 4.88. The van der Waals surface area contributed by atoms with Gasteiger partial charge in [-0.15, -0.1) is 0 Å². The molecule has 2 rings (SSSR count). The average Bonchev–Trinajstić information content (AvgIpc) is 2.45. The van der Waals surface area contributed by atoms with Crippen LogP contribution in [0.25, 0.3) is 0 Å². The first-order valence-corrected chi connectivity index (χ1v) is 8.53. The monoisotopic (exact) mass is 387 g/mol. The number of nitrogens with one attached hydrogen (secondary N) is 2. The van der Waals surface area contributed by atoms with Crippen molar-refractivity contribution >= 4 is 46.6 Å². The fourth-order valence-electron chi connectivity index (χ4n) is 1.85. The van der Waals surface area contributed by atoms with Gasteiger partial charge >= 0.3 is 0 Å². The van der Waals surface area contributed by atoms with Gasteiger partial charge in [0.15, 0.2) is 5.16 Å². The number of carbonyl (C=O) groups is 1. The van der Waals surface area contributed by atoms with Crippen molar-refractivity contribution in [2.75, 3.05) is 12.4 Å². The molecule has 1 aromatic heterocycles. The van der Waals surface area contributed by atoms with Crippen LogP contribution in [0.5, 0.6) is 0 Å². The van der Waals surface area contributed by atoms with E-state index in [4.69, 9.17) is 27.9 Å². The van der Waals surface area contributed by atoms with Crippen molar-refractivity contribution in [2.24, 2.45) is 0 Å². The van der Waals surface area contributed by atoms with Crippen LogP contribution in [-0.4, -0.2) is 28.2 Å². The third kappa shape index (κ3) is 5.52. The SMILES string of the molecule is COCc1cc(=O)[nH]c(SC(C)C(=O)Nc2cc(Cl)cc(Cl)c2)n1. The summed E-state index contributed by atoms with van der Waals surface area (Å²) in [4.78, 5) is 30.7. The van der Waals surface area contributed by atoms with Gasteiger partial charge in [0.2, 0.25) is 5.91 Å². The Morgan fingerprint density at radius 2 is 2.00 bits per heavy atom. The van der Waals surface area contributed by atoms with Crippen LogP contribution in [-0.2, 0) is 16.1 Å². The van der Waals surface area contributed by atoms with Crippen LogP contribution >= 0.6 is 35.0 Å². The first kappa shape index (κ1) is 18.8. The molecule has 1 aromatic carbocycles. The molecule has 128 valence electrons. The Bertz CT molecular complexity index is 778. The molecule has 6 nitrogen and oxygen atoms in total. The predicted molar refractivity (Wildman–Crippen MR) is 96.0 cm³/mol. The van der Waals surface area contributed by atoms with Crippen LogP contribution in [0.15, 0.2) is 34.2 Å². The molecule has 0 saturated heterocycles. The molecule has 2 aromatic rings. The van der Waals surface area contributed by atoms with E-state index in [0.29, 0.717) is 26.6 Å². The van der Waals surface area contributed by atoms with E-state index in [1.165, 1.54) is 13.2 Å². The maximum Gasteiger partial charge on any atom is 0.251 e. The predicted octanol–water partition coefficient (Wildman–Crippen LogP) is 3.34. The molecule has 2 N–H and O–H groups in total. The third-order valence-electron chi connectivity index (χ3n) is 2.85. The summed E-state index contributed by atoms with van der Waals surface area (Å²) >= 11 is 12.9. The lowest BCUT2D eigenvalue weighted by molar-refractivity contribution is -0.115. The van der Waals surface area contributed by atoms with Crippen molar-refractivity contribution in [3.63, 3.8) is 0 Å². The number of carbonyl (C=O) groups excluding carboxylic acids is 1. The number of aromatic nitrogens is 2. The van der Waals surface area contributed by atoms with Gasteiger partial charge in [0.05, 0.1) is 17.6 Å². The van der Waals surface area contributed by atoms with Crippen molar-refractivity contribution in [3.05, 3.63) is 50.4 Å². The van der Waals surface area contributed by atoms with Crippen molar-refractivity contribution in [2.45, 2.75) is 23.9 Å². The number of amides is 1. The zero-order valence-electron chi connectivity index (χ0n) is 12.9. The molecule has 0 spiro atoms. The standard InChI is InChI=1S/C15H15Cl2N3O3S/c1-8(14(22)18-11-4-9(16)3-10(17)5-11)24-15-19-12(7-23-2)6-13(21)20-15/h3-6,8H,7H2,1-2H3,(H,18,22)(H,19,20,21). The Labute approximate surface area is 152 Å². The van der Waals surface area contributed by atoms with Crippen LogP contribution in [0.1, 0.15) is 12.6 Å². The van der Waals surface area contributed by atoms with Gasteiger partial charge in [-0.3, -0.25) is 9.59 Å². The molecule has 0 aliphatic carbocycles. The van der Waals surface area contributed by atoms with Crippen molar-refractivity contribution in [1.29, 1.82) is 0 Å². The number of benzene rings is 1. The smallest absolute Gasteiger partial charge is 0.251 e. The molecule has 0 aliphatic rings. The molecule has 0 bridgehead atoms. The number of ether oxygens (including phenoxy) is 1. The first-order chi connectivity index (χ1) is 11.4. The van der Waals surface area contributed by atoms with E-state index in [2.05, 4.69) is 15.3 Å². The molecule has 1 amide bonds. The number of hydrogen-bond acceptors (Lipinski definition) is 5. The molecule has 0 saturated carbocycles. The maximum absolute atomic E-state index is 12.3. The summed E-state index contributed by atoms with van der Waals surface area (Å²) in [6.45, 7) is 1.92. The summed E-state index contributed by atoms with van der Waals surface area (Å²) in [5.74, 6) is -0.266. The summed E-state index contributed by atoms with van der Waals surface area (Å²) in [5.41, 5.74) is 0.700. The van der Waals surface area contributed by atoms with Gasteiger partial charge in [-0.1, -0.05) is 35.0 Å². The van der Waals surface area contributed by atoms with E-state index in [1.54, 1.807) is 25.1 Å². The topological polar surface area (TPSA) is 84.1 Å². The lowest BCUT2D eigenvalue weighted by Gasteiger charge is -2.12. The number of aromatic amines is 1. The van der Waals surface area contributed by atoms with Gasteiger partial charge in [-0.2, -0.15) is 0 Å². The van der Waals surface area contributed by atoms with Crippen LogP contribution in [0.2, 0.25) is 10.0 Å². The molecule has 1 atom stereocenters. The zero-order valence-corrected chi connectivity index (χ0v) is 15.3. The average molecular weight is 388 g/mol. The zero-order chi connectivity index (χ0) is 17.7. The van der Waals surface area contributed by atoms with Crippen LogP contribution in [0.3, 0.4) is 0 Å². The highest BCUT2D eigenvalue weighted by Gasteiger charge is 2.17. The fourth-order valence-corrected chi connectivity index (χ4v) is 3.21. The van der Waals surface area contributed by atoms with Crippen molar-refractivity contribution in [3.8, 4) is 0 Å². The van der Waals surface area contributed by atoms with E-state index in [-0.39, 0.29) is 18.1 Å². The van der Waals surface area contributed by atoms with Gasteiger partial charge in [-0.25, -0.2) is 4.98 Å². The van der Waals surface area contributed by atoms with Gasteiger partial charge in [0.25, 0.3) is 5.56 Å². The van der Waals surface area contributed by atoms with Crippen LogP contribution in [0.4, 0.5) is 5.69 Å². The third-order valence-corrected chi connectivity index (χ3v) is 4.27. The van der Waals surface area contributed by atoms with Gasteiger partial charge < -0.3 is 15.0 Å². The normalized spacial score (nSPS) is 12.0. The second kappa shape index (κ2) is 8.53. The summed E-state index contributed by atoms with van der Waals surface area (Å²) < 4.78 is 4.96. The molecular formula is C15H15Cl2N3O3S. The Morgan fingerprint density at radius 1 is 1.33 bits per heavy atom. The molecular weight excluding hydrogens is 373 g/mol.